The number of aromatic nitrogens is 1. The summed E-state index contributed by atoms with van der Waals surface area (Å²) in [6.07, 6.45) is 3.87. The Labute approximate surface area is 119 Å². The van der Waals surface area contributed by atoms with Crippen LogP contribution in [0.2, 0.25) is 0 Å². The van der Waals surface area contributed by atoms with Gasteiger partial charge in [-0.25, -0.2) is 0 Å². The Balaban J connectivity index is 1.90. The molecule has 2 rings (SSSR count). The number of carbonyl (C=O) groups excluding carboxylic acids is 1. The van der Waals surface area contributed by atoms with Gasteiger partial charge in [0, 0.05) is 39.1 Å². The lowest BCUT2D eigenvalue weighted by atomic mass is 10.2. The van der Waals surface area contributed by atoms with E-state index in [0.29, 0.717) is 26.0 Å². The lowest BCUT2D eigenvalue weighted by Crippen LogP contribution is -2.38. The van der Waals surface area contributed by atoms with Crippen molar-refractivity contribution in [1.29, 1.82) is 0 Å². The summed E-state index contributed by atoms with van der Waals surface area (Å²) in [6, 6.07) is 5.89. The van der Waals surface area contributed by atoms with E-state index in [4.69, 9.17) is 9.47 Å². The van der Waals surface area contributed by atoms with Crippen molar-refractivity contribution in [1.82, 2.24) is 9.88 Å². The maximum absolute atomic E-state index is 12.4. The Morgan fingerprint density at radius 3 is 2.95 bits per heavy atom. The van der Waals surface area contributed by atoms with Crippen LogP contribution in [0.1, 0.15) is 18.5 Å². The number of amides is 1. The van der Waals surface area contributed by atoms with Crippen molar-refractivity contribution in [2.24, 2.45) is 0 Å². The van der Waals surface area contributed by atoms with Gasteiger partial charge in [-0.3, -0.25) is 9.78 Å². The van der Waals surface area contributed by atoms with E-state index in [9.17, 15) is 4.79 Å². The number of rotatable bonds is 6. The van der Waals surface area contributed by atoms with E-state index in [1.54, 1.807) is 20.4 Å². The molecule has 0 aliphatic carbocycles. The van der Waals surface area contributed by atoms with Gasteiger partial charge >= 0.3 is 0 Å². The molecule has 0 saturated carbocycles. The minimum Gasteiger partial charge on any atom is -0.383 e. The summed E-state index contributed by atoms with van der Waals surface area (Å²) < 4.78 is 10.6. The summed E-state index contributed by atoms with van der Waals surface area (Å²) in [5.41, 5.74) is 0.951. The summed E-state index contributed by atoms with van der Waals surface area (Å²) in [6.45, 7) is 1.22. The summed E-state index contributed by atoms with van der Waals surface area (Å²) in [5.74, 6) is 0.150. The number of aryl methyl sites for hydroxylation is 1. The minimum atomic E-state index is 0.119. The first kappa shape index (κ1) is 14.9. The van der Waals surface area contributed by atoms with Crippen LogP contribution in [0.3, 0.4) is 0 Å². The second-order valence-electron chi connectivity index (χ2n) is 5.07. The minimum absolute atomic E-state index is 0.119. The molecule has 0 unspecified atom stereocenters. The number of methoxy groups -OCH3 is 2. The Kier molecular flexibility index (Phi) is 5.49. The Bertz CT molecular complexity index is 424. The van der Waals surface area contributed by atoms with Crippen LogP contribution in [0.15, 0.2) is 24.4 Å². The third-order valence-electron chi connectivity index (χ3n) is 3.71. The van der Waals surface area contributed by atoms with E-state index in [2.05, 4.69) is 4.98 Å². The molecule has 0 radical (unpaired) electrons. The first-order chi connectivity index (χ1) is 9.74. The topological polar surface area (TPSA) is 51.7 Å². The average Bonchev–Trinajstić information content (AvgIpc) is 2.89. The van der Waals surface area contributed by atoms with E-state index in [1.807, 2.05) is 23.1 Å². The highest BCUT2D eigenvalue weighted by Crippen LogP contribution is 2.21. The highest BCUT2D eigenvalue weighted by Gasteiger charge is 2.34. The van der Waals surface area contributed by atoms with Crippen LogP contribution in [-0.4, -0.2) is 55.3 Å². The smallest absolute Gasteiger partial charge is 0.223 e. The van der Waals surface area contributed by atoms with Gasteiger partial charge in [-0.2, -0.15) is 0 Å². The monoisotopic (exact) mass is 278 g/mol. The van der Waals surface area contributed by atoms with Gasteiger partial charge in [0.2, 0.25) is 5.91 Å². The van der Waals surface area contributed by atoms with Crippen molar-refractivity contribution in [2.75, 3.05) is 27.4 Å². The quantitative estimate of drug-likeness (QED) is 0.786. The molecular formula is C15H22N2O3. The molecule has 0 aromatic carbocycles. The van der Waals surface area contributed by atoms with Crippen molar-refractivity contribution >= 4 is 5.91 Å². The third kappa shape index (κ3) is 3.77. The predicted molar refractivity (Wildman–Crippen MR) is 75.3 cm³/mol. The molecule has 5 heteroatoms. The molecule has 0 bridgehead atoms. The van der Waals surface area contributed by atoms with Gasteiger partial charge in [-0.15, -0.1) is 0 Å². The first-order valence-corrected chi connectivity index (χ1v) is 6.95. The molecular weight excluding hydrogens is 256 g/mol. The number of pyridine rings is 1. The number of hydrogen-bond donors (Lipinski definition) is 0. The predicted octanol–water partition coefficient (Wildman–Crippen LogP) is 1.28. The number of carbonyl (C=O) groups is 1. The molecule has 110 valence electrons. The summed E-state index contributed by atoms with van der Waals surface area (Å²) in [5, 5.41) is 0. The Hall–Kier alpha value is -1.46. The zero-order valence-corrected chi connectivity index (χ0v) is 12.1. The van der Waals surface area contributed by atoms with Gasteiger partial charge in [-0.1, -0.05) is 6.07 Å². The van der Waals surface area contributed by atoms with Crippen LogP contribution in [0.5, 0.6) is 0 Å². The molecule has 0 N–H and O–H groups in total. The molecule has 1 fully saturated rings. The second kappa shape index (κ2) is 7.36. The van der Waals surface area contributed by atoms with Crippen molar-refractivity contribution < 1.29 is 14.3 Å². The number of nitrogens with zero attached hydrogens (tertiary/aromatic N) is 2. The van der Waals surface area contributed by atoms with E-state index < -0.39 is 0 Å². The maximum Gasteiger partial charge on any atom is 0.223 e. The largest absolute Gasteiger partial charge is 0.383 e. The second-order valence-corrected chi connectivity index (χ2v) is 5.07. The molecule has 1 aliphatic rings. The van der Waals surface area contributed by atoms with Gasteiger partial charge < -0.3 is 14.4 Å². The maximum atomic E-state index is 12.4. The summed E-state index contributed by atoms with van der Waals surface area (Å²) in [7, 11) is 3.35. The average molecular weight is 278 g/mol. The fourth-order valence-corrected chi connectivity index (χ4v) is 2.62. The fourth-order valence-electron chi connectivity index (χ4n) is 2.62. The van der Waals surface area contributed by atoms with Crippen LogP contribution < -0.4 is 0 Å². The number of hydrogen-bond acceptors (Lipinski definition) is 4. The molecule has 1 aromatic heterocycles. The third-order valence-corrected chi connectivity index (χ3v) is 3.71. The van der Waals surface area contributed by atoms with E-state index in [-0.39, 0.29) is 18.1 Å². The van der Waals surface area contributed by atoms with E-state index >= 15 is 0 Å². The molecule has 2 heterocycles. The molecule has 2 atom stereocenters. The lowest BCUT2D eigenvalue weighted by Gasteiger charge is -2.23. The molecule has 1 aliphatic heterocycles. The van der Waals surface area contributed by atoms with Crippen molar-refractivity contribution in [3.8, 4) is 0 Å². The molecule has 5 nitrogen and oxygen atoms in total. The van der Waals surface area contributed by atoms with Gasteiger partial charge in [0.15, 0.2) is 0 Å². The molecule has 1 amide bonds. The van der Waals surface area contributed by atoms with Gasteiger partial charge in [0.1, 0.15) is 0 Å². The van der Waals surface area contributed by atoms with Crippen LogP contribution >= 0.6 is 0 Å². The van der Waals surface area contributed by atoms with Crippen LogP contribution in [0, 0.1) is 0 Å². The Morgan fingerprint density at radius 1 is 1.45 bits per heavy atom. The summed E-state index contributed by atoms with van der Waals surface area (Å²) in [4.78, 5) is 18.5. The standard InChI is InChI=1S/C15H22N2O3/c1-19-11-13-9-14(20-2)10-17(13)15(18)7-6-12-5-3-4-8-16-12/h3-5,8,13-14H,6-7,9-11H2,1-2H3/t13-,14-/m0/s1. The van der Waals surface area contributed by atoms with Gasteiger partial charge in [0.05, 0.1) is 18.8 Å². The van der Waals surface area contributed by atoms with Crippen LogP contribution in [0.25, 0.3) is 0 Å². The Morgan fingerprint density at radius 2 is 2.30 bits per heavy atom. The number of likely N-dealkylation sites (tertiary alicyclic amines) is 1. The SMILES string of the molecule is COC[C@@H]1C[C@H](OC)CN1C(=O)CCc1ccccn1. The fraction of sp³-hybridized carbons (Fsp3) is 0.600. The van der Waals surface area contributed by atoms with Crippen molar-refractivity contribution in [2.45, 2.75) is 31.4 Å². The van der Waals surface area contributed by atoms with Crippen molar-refractivity contribution in [3.63, 3.8) is 0 Å². The first-order valence-electron chi connectivity index (χ1n) is 6.95. The van der Waals surface area contributed by atoms with Crippen molar-refractivity contribution in [3.05, 3.63) is 30.1 Å². The van der Waals surface area contributed by atoms with Crippen LogP contribution in [-0.2, 0) is 20.7 Å². The molecule has 20 heavy (non-hydrogen) atoms. The zero-order chi connectivity index (χ0) is 14.4. The summed E-state index contributed by atoms with van der Waals surface area (Å²) >= 11 is 0. The van der Waals surface area contributed by atoms with Crippen LogP contribution in [0.4, 0.5) is 0 Å². The lowest BCUT2D eigenvalue weighted by molar-refractivity contribution is -0.133. The molecule has 0 spiro atoms. The molecule has 1 aromatic rings. The normalized spacial score (nSPS) is 22.2. The van der Waals surface area contributed by atoms with E-state index in [0.717, 1.165) is 12.1 Å². The highest BCUT2D eigenvalue weighted by atomic mass is 16.5. The highest BCUT2D eigenvalue weighted by molar-refractivity contribution is 5.77. The van der Waals surface area contributed by atoms with Gasteiger partial charge in [0.25, 0.3) is 0 Å². The zero-order valence-electron chi connectivity index (χ0n) is 12.1. The molecule has 1 saturated heterocycles. The number of ether oxygens (including phenoxy) is 2. The van der Waals surface area contributed by atoms with Gasteiger partial charge in [-0.05, 0) is 25.0 Å². The van der Waals surface area contributed by atoms with E-state index in [1.165, 1.54) is 0 Å².